The Morgan fingerprint density at radius 3 is 2.57 bits per heavy atom. The number of hydrogen-bond donors (Lipinski definition) is 1. The van der Waals surface area contributed by atoms with Crippen molar-refractivity contribution >= 4 is 18.3 Å². The molecule has 2 N–H and O–H groups in total. The number of aryl methyl sites for hydroxylation is 1. The number of nitrogens with two attached hydrogens (primary N) is 1. The Balaban J connectivity index is 0.00000192. The summed E-state index contributed by atoms with van der Waals surface area (Å²) in [5, 5.41) is 0. The van der Waals surface area contributed by atoms with E-state index in [-0.39, 0.29) is 24.4 Å². The number of hydrogen-bond acceptors (Lipinski definition) is 2. The molecule has 0 aliphatic carbocycles. The monoisotopic (exact) mass is 333 g/mol. The summed E-state index contributed by atoms with van der Waals surface area (Å²) < 4.78 is 2.14. The summed E-state index contributed by atoms with van der Waals surface area (Å²) in [6.07, 6.45) is 2.00. The minimum Gasteiger partial charge on any atom is -0.337 e. The summed E-state index contributed by atoms with van der Waals surface area (Å²) >= 11 is 0. The Kier molecular flexibility index (Phi) is 5.50. The molecule has 5 heteroatoms. The molecule has 3 rings (SSSR count). The number of carbonyl (C=O) groups is 1. The molecule has 1 aliphatic heterocycles. The number of nitrogens with zero attached hydrogens (tertiary/aromatic N) is 2. The van der Waals surface area contributed by atoms with Gasteiger partial charge in [0.05, 0.1) is 5.56 Å². The van der Waals surface area contributed by atoms with E-state index in [0.717, 1.165) is 42.0 Å². The molecular formula is C18H24ClN3O. The number of aromatic nitrogens is 1. The zero-order chi connectivity index (χ0) is 15.7. The van der Waals surface area contributed by atoms with E-state index in [1.54, 1.807) is 0 Å². The standard InChI is InChI=1S/C18H23N3O.ClH/c1-13-11-17(18(22)20-10-6-7-15(19)12-20)14(2)21(13)16-8-4-3-5-9-16;/h3-5,8-9,11,15H,6-7,10,12,19H2,1-2H3;1H. The number of halogens is 1. The van der Waals surface area contributed by atoms with Gasteiger partial charge in [-0.25, -0.2) is 0 Å². The van der Waals surface area contributed by atoms with Gasteiger partial charge in [-0.3, -0.25) is 4.79 Å². The van der Waals surface area contributed by atoms with Gasteiger partial charge >= 0.3 is 0 Å². The average molecular weight is 334 g/mol. The van der Waals surface area contributed by atoms with Crippen LogP contribution in [0, 0.1) is 13.8 Å². The molecule has 1 amide bonds. The maximum Gasteiger partial charge on any atom is 0.255 e. The van der Waals surface area contributed by atoms with Gasteiger partial charge in [-0.2, -0.15) is 0 Å². The van der Waals surface area contributed by atoms with Crippen LogP contribution < -0.4 is 5.73 Å². The van der Waals surface area contributed by atoms with Crippen molar-refractivity contribution in [2.75, 3.05) is 13.1 Å². The molecule has 1 aliphatic rings. The second-order valence-corrected chi connectivity index (χ2v) is 6.11. The van der Waals surface area contributed by atoms with E-state index in [1.807, 2.05) is 43.0 Å². The lowest BCUT2D eigenvalue weighted by atomic mass is 10.1. The van der Waals surface area contributed by atoms with Crippen molar-refractivity contribution in [3.05, 3.63) is 53.3 Å². The molecule has 2 aromatic rings. The molecule has 1 aromatic carbocycles. The Bertz CT molecular complexity index is 681. The third-order valence-electron chi connectivity index (χ3n) is 4.42. The van der Waals surface area contributed by atoms with Crippen LogP contribution in [0.5, 0.6) is 0 Å². The first-order valence-electron chi connectivity index (χ1n) is 7.87. The zero-order valence-corrected chi connectivity index (χ0v) is 14.5. The molecule has 0 radical (unpaired) electrons. The van der Waals surface area contributed by atoms with Gasteiger partial charge in [0, 0.05) is 36.2 Å². The maximum absolute atomic E-state index is 12.8. The van der Waals surface area contributed by atoms with Crippen molar-refractivity contribution in [2.24, 2.45) is 5.73 Å². The smallest absolute Gasteiger partial charge is 0.255 e. The highest BCUT2D eigenvalue weighted by molar-refractivity contribution is 5.96. The van der Waals surface area contributed by atoms with Gasteiger partial charge in [0.1, 0.15) is 0 Å². The number of likely N-dealkylation sites (tertiary alicyclic amines) is 1. The molecule has 0 saturated carbocycles. The van der Waals surface area contributed by atoms with E-state index in [4.69, 9.17) is 5.73 Å². The van der Waals surface area contributed by atoms with E-state index in [9.17, 15) is 4.79 Å². The van der Waals surface area contributed by atoms with Crippen molar-refractivity contribution in [2.45, 2.75) is 32.7 Å². The van der Waals surface area contributed by atoms with Crippen LogP contribution in [0.15, 0.2) is 36.4 Å². The van der Waals surface area contributed by atoms with Gasteiger partial charge < -0.3 is 15.2 Å². The predicted molar refractivity (Wildman–Crippen MR) is 95.6 cm³/mol. The van der Waals surface area contributed by atoms with Crippen LogP contribution >= 0.6 is 12.4 Å². The van der Waals surface area contributed by atoms with Crippen LogP contribution in [0.3, 0.4) is 0 Å². The lowest BCUT2D eigenvalue weighted by Crippen LogP contribution is -2.45. The molecule has 2 heterocycles. The summed E-state index contributed by atoms with van der Waals surface area (Å²) in [7, 11) is 0. The van der Waals surface area contributed by atoms with Crippen LogP contribution in [0.25, 0.3) is 5.69 Å². The van der Waals surface area contributed by atoms with Crippen molar-refractivity contribution < 1.29 is 4.79 Å². The Labute approximate surface area is 143 Å². The Hall–Kier alpha value is -1.78. The highest BCUT2D eigenvalue weighted by Gasteiger charge is 2.25. The molecule has 0 spiro atoms. The molecular weight excluding hydrogens is 310 g/mol. The van der Waals surface area contributed by atoms with Crippen LogP contribution in [-0.4, -0.2) is 34.5 Å². The first-order valence-corrected chi connectivity index (χ1v) is 7.87. The van der Waals surface area contributed by atoms with Gasteiger partial charge in [-0.15, -0.1) is 12.4 Å². The van der Waals surface area contributed by atoms with Gasteiger partial charge in [-0.1, -0.05) is 18.2 Å². The van der Waals surface area contributed by atoms with Gasteiger partial charge in [0.2, 0.25) is 0 Å². The third kappa shape index (κ3) is 3.43. The zero-order valence-electron chi connectivity index (χ0n) is 13.7. The minimum absolute atomic E-state index is 0. The summed E-state index contributed by atoms with van der Waals surface area (Å²) in [5.74, 6) is 0.102. The topological polar surface area (TPSA) is 51.3 Å². The van der Waals surface area contributed by atoms with Crippen LogP contribution in [0.1, 0.15) is 34.6 Å². The van der Waals surface area contributed by atoms with E-state index < -0.39 is 0 Å². The number of carbonyl (C=O) groups excluding carboxylic acids is 1. The first kappa shape index (κ1) is 17.6. The highest BCUT2D eigenvalue weighted by atomic mass is 35.5. The maximum atomic E-state index is 12.8. The van der Waals surface area contributed by atoms with E-state index in [0.29, 0.717) is 6.54 Å². The first-order chi connectivity index (χ1) is 10.6. The van der Waals surface area contributed by atoms with Gasteiger partial charge in [0.25, 0.3) is 5.91 Å². The minimum atomic E-state index is 0. The third-order valence-corrected chi connectivity index (χ3v) is 4.42. The molecule has 4 nitrogen and oxygen atoms in total. The van der Waals surface area contributed by atoms with Crippen molar-refractivity contribution in [1.29, 1.82) is 0 Å². The summed E-state index contributed by atoms with van der Waals surface area (Å²) in [4.78, 5) is 14.7. The lowest BCUT2D eigenvalue weighted by Gasteiger charge is -2.30. The Morgan fingerprint density at radius 2 is 1.91 bits per heavy atom. The van der Waals surface area contributed by atoms with Crippen molar-refractivity contribution in [3.8, 4) is 5.69 Å². The fourth-order valence-electron chi connectivity index (χ4n) is 3.32. The molecule has 1 atom stereocenters. The highest BCUT2D eigenvalue weighted by Crippen LogP contribution is 2.23. The number of piperidine rings is 1. The summed E-state index contributed by atoms with van der Waals surface area (Å²) in [5.41, 5.74) is 9.95. The van der Waals surface area contributed by atoms with Crippen molar-refractivity contribution in [1.82, 2.24) is 9.47 Å². The molecule has 23 heavy (non-hydrogen) atoms. The lowest BCUT2D eigenvalue weighted by molar-refractivity contribution is 0.0708. The number of rotatable bonds is 2. The van der Waals surface area contributed by atoms with Crippen LogP contribution in [-0.2, 0) is 0 Å². The van der Waals surface area contributed by atoms with E-state index in [2.05, 4.69) is 16.7 Å². The average Bonchev–Trinajstić information content (AvgIpc) is 2.82. The molecule has 0 bridgehead atoms. The van der Waals surface area contributed by atoms with Crippen LogP contribution in [0.4, 0.5) is 0 Å². The van der Waals surface area contributed by atoms with Crippen LogP contribution in [0.2, 0.25) is 0 Å². The van der Waals surface area contributed by atoms with E-state index >= 15 is 0 Å². The van der Waals surface area contributed by atoms with Gasteiger partial charge in [0.15, 0.2) is 0 Å². The second kappa shape index (κ2) is 7.20. The quantitative estimate of drug-likeness (QED) is 0.918. The summed E-state index contributed by atoms with van der Waals surface area (Å²) in [6.45, 7) is 5.52. The fraction of sp³-hybridized carbons (Fsp3) is 0.389. The number of amides is 1. The molecule has 1 fully saturated rings. The largest absolute Gasteiger partial charge is 0.337 e. The number of para-hydroxylation sites is 1. The summed E-state index contributed by atoms with van der Waals surface area (Å²) in [6, 6.07) is 12.2. The van der Waals surface area contributed by atoms with Gasteiger partial charge in [-0.05, 0) is 44.9 Å². The van der Waals surface area contributed by atoms with Crippen molar-refractivity contribution in [3.63, 3.8) is 0 Å². The Morgan fingerprint density at radius 1 is 1.22 bits per heavy atom. The molecule has 1 unspecified atom stereocenters. The molecule has 124 valence electrons. The number of benzene rings is 1. The molecule has 1 aromatic heterocycles. The van der Waals surface area contributed by atoms with E-state index in [1.165, 1.54) is 0 Å². The second-order valence-electron chi connectivity index (χ2n) is 6.11. The SMILES string of the molecule is Cc1cc(C(=O)N2CCCC(N)C2)c(C)n1-c1ccccc1.Cl. The normalized spacial score (nSPS) is 17.7. The fourth-order valence-corrected chi connectivity index (χ4v) is 3.32. The predicted octanol–water partition coefficient (Wildman–Crippen LogP) is 3.08. The molecule has 1 saturated heterocycles.